The Kier molecular flexibility index (Phi) is 12.4. The number of amides is 1. The van der Waals surface area contributed by atoms with Crippen molar-refractivity contribution in [2.24, 2.45) is 0 Å². The number of ether oxygens (including phenoxy) is 1. The van der Waals surface area contributed by atoms with Gasteiger partial charge in [0, 0.05) is 54.6 Å². The van der Waals surface area contributed by atoms with Crippen LogP contribution in [0.3, 0.4) is 0 Å². The summed E-state index contributed by atoms with van der Waals surface area (Å²) in [6.45, 7) is 9.64. The molecular formula is C37H41F6N7O2S. The normalized spacial score (nSPS) is 18.2. The van der Waals surface area contributed by atoms with Crippen LogP contribution in [-0.4, -0.2) is 77.7 Å². The summed E-state index contributed by atoms with van der Waals surface area (Å²) in [5, 5.41) is 11.8. The smallest absolute Gasteiger partial charge is 0.417 e. The number of nitriles is 1. The number of methoxy groups -OCH3 is 1. The molecule has 7 rings (SSSR count). The third-order valence-corrected chi connectivity index (χ3v) is 10.3. The summed E-state index contributed by atoms with van der Waals surface area (Å²) in [4.78, 5) is 23.4. The first-order valence-corrected chi connectivity index (χ1v) is 18.1. The Morgan fingerprint density at radius 1 is 1.17 bits per heavy atom. The van der Waals surface area contributed by atoms with Crippen molar-refractivity contribution in [1.82, 2.24) is 19.8 Å². The van der Waals surface area contributed by atoms with Crippen molar-refractivity contribution in [2.45, 2.75) is 71.3 Å². The minimum atomic E-state index is -5.00. The van der Waals surface area contributed by atoms with Crippen LogP contribution in [0, 0.1) is 23.0 Å². The number of carbonyl (C=O) groups excluding carboxylic acids is 1. The number of benzene rings is 2. The number of carbonyl (C=O) groups is 1. The highest BCUT2D eigenvalue weighted by Crippen LogP contribution is 2.47. The maximum atomic E-state index is 15.9. The number of halogens is 6. The molecule has 16 heteroatoms. The minimum Gasteiger partial charge on any atom is -0.467 e. The molecular weight excluding hydrogens is 721 g/mol. The zero-order chi connectivity index (χ0) is 38.6. The average molecular weight is 762 g/mol. The van der Waals surface area contributed by atoms with Crippen molar-refractivity contribution in [2.75, 3.05) is 50.9 Å². The van der Waals surface area contributed by atoms with Gasteiger partial charge in [0.2, 0.25) is 5.91 Å². The number of allylic oxidation sites excluding steroid dienone is 1. The van der Waals surface area contributed by atoms with Crippen molar-refractivity contribution < 1.29 is 35.9 Å². The number of nitrogen functional groups attached to an aromatic ring is 1. The molecule has 2 unspecified atom stereocenters. The maximum absolute atomic E-state index is 15.9. The Balaban J connectivity index is 0.000000217. The number of nitrogens with one attached hydrogen (secondary N) is 1. The predicted octanol–water partition coefficient (Wildman–Crippen LogP) is 8.47. The number of alkyl halides is 4. The molecule has 5 heterocycles. The topological polar surface area (TPSA) is 120 Å². The van der Waals surface area contributed by atoms with E-state index in [4.69, 9.17) is 10.5 Å². The van der Waals surface area contributed by atoms with Gasteiger partial charge in [0.1, 0.15) is 34.4 Å². The molecule has 4 aromatic rings. The summed E-state index contributed by atoms with van der Waals surface area (Å²) >= 11 is 0.698. The zero-order valence-corrected chi connectivity index (χ0v) is 30.7. The van der Waals surface area contributed by atoms with E-state index in [2.05, 4.69) is 20.2 Å². The third-order valence-electron chi connectivity index (χ3n) is 9.23. The predicted molar refractivity (Wildman–Crippen MR) is 194 cm³/mol. The summed E-state index contributed by atoms with van der Waals surface area (Å²) in [7, 11) is 1.23. The molecule has 0 bridgehead atoms. The molecule has 3 N–H and O–H groups in total. The number of thiophene rings is 1. The van der Waals surface area contributed by atoms with Crippen LogP contribution in [-0.2, 0) is 11.0 Å². The van der Waals surface area contributed by atoms with E-state index in [1.54, 1.807) is 19.1 Å². The molecule has 3 aliphatic rings. The van der Waals surface area contributed by atoms with Gasteiger partial charge in [-0.3, -0.25) is 9.69 Å². The molecule has 0 spiro atoms. The molecule has 2 aromatic carbocycles. The lowest BCUT2D eigenvalue weighted by Crippen LogP contribution is -2.25. The van der Waals surface area contributed by atoms with Gasteiger partial charge in [-0.05, 0) is 77.1 Å². The molecule has 53 heavy (non-hydrogen) atoms. The van der Waals surface area contributed by atoms with Crippen LogP contribution in [0.1, 0.15) is 64.0 Å². The first-order chi connectivity index (χ1) is 25.2. The van der Waals surface area contributed by atoms with E-state index < -0.39 is 40.6 Å². The summed E-state index contributed by atoms with van der Waals surface area (Å²) in [5.41, 5.74) is 3.68. The molecule has 0 radical (unpaired) electrons. The van der Waals surface area contributed by atoms with Crippen molar-refractivity contribution in [3.8, 4) is 23.2 Å². The number of likely N-dealkylation sites (tertiary alicyclic amines) is 1. The number of fused-ring (bicyclic) bond motifs is 3. The summed E-state index contributed by atoms with van der Waals surface area (Å²) < 4.78 is 90.2. The lowest BCUT2D eigenvalue weighted by Gasteiger charge is -2.18. The number of nitrogens with two attached hydrogens (primary N) is 1. The van der Waals surface area contributed by atoms with Gasteiger partial charge in [0.05, 0.1) is 22.9 Å². The molecule has 3 aliphatic heterocycles. The van der Waals surface area contributed by atoms with Gasteiger partial charge in [0.15, 0.2) is 5.82 Å². The lowest BCUT2D eigenvalue weighted by atomic mass is 9.92. The highest BCUT2D eigenvalue weighted by molar-refractivity contribution is 7.23. The summed E-state index contributed by atoms with van der Waals surface area (Å²) in [6.07, 6.45) is 1.87. The van der Waals surface area contributed by atoms with E-state index >= 15 is 4.39 Å². The standard InChI is InChI=1S/C21H14F5N5OS.C9H15NO.C7H12FN/c1-3-29-19-9-6-11(21(24,25)26)14(15(23)16(9)30-20(31-19)32-2)8-4-5-12(22)17-13(8)10(7-27)18(28)33-17;1-8(2)7-9(11)10-5-3-4-6-10;8-6-4-7-2-1-3-9(7)5-6/h4-6H,3,28H2,1-2H3,(H,29,30,31);7H,3-6H2,1-2H3;6-7H,1-5H2. The van der Waals surface area contributed by atoms with E-state index in [1.807, 2.05) is 18.7 Å². The number of nitrogens with zero attached hydrogens (tertiary/aromatic N) is 5. The molecule has 2 atom stereocenters. The maximum Gasteiger partial charge on any atom is 0.417 e. The van der Waals surface area contributed by atoms with Crippen molar-refractivity contribution >= 4 is 49.1 Å². The van der Waals surface area contributed by atoms with Crippen LogP contribution in [0.4, 0.5) is 37.2 Å². The summed E-state index contributed by atoms with van der Waals surface area (Å²) in [5.74, 6) is -1.97. The lowest BCUT2D eigenvalue weighted by molar-refractivity contribution is -0.137. The van der Waals surface area contributed by atoms with E-state index in [-0.39, 0.29) is 55.9 Å². The number of hydrogen-bond donors (Lipinski definition) is 2. The van der Waals surface area contributed by atoms with E-state index in [0.717, 1.165) is 49.8 Å². The van der Waals surface area contributed by atoms with Crippen molar-refractivity contribution in [1.29, 1.82) is 5.26 Å². The second kappa shape index (κ2) is 16.6. The molecule has 9 nitrogen and oxygen atoms in total. The van der Waals surface area contributed by atoms with Gasteiger partial charge in [-0.1, -0.05) is 11.6 Å². The van der Waals surface area contributed by atoms with Crippen LogP contribution in [0.5, 0.6) is 6.01 Å². The second-order valence-electron chi connectivity index (χ2n) is 13.2. The Bertz CT molecular complexity index is 2040. The first-order valence-electron chi connectivity index (χ1n) is 17.3. The van der Waals surface area contributed by atoms with Crippen LogP contribution >= 0.6 is 11.3 Å². The van der Waals surface area contributed by atoms with Crippen molar-refractivity contribution in [3.05, 3.63) is 52.6 Å². The molecule has 284 valence electrons. The quantitative estimate of drug-likeness (QED) is 0.154. The Morgan fingerprint density at radius 2 is 1.89 bits per heavy atom. The zero-order valence-electron chi connectivity index (χ0n) is 29.8. The molecule has 0 aliphatic carbocycles. The van der Waals surface area contributed by atoms with E-state index in [9.17, 15) is 32.0 Å². The number of hydrogen-bond acceptors (Lipinski definition) is 9. The van der Waals surface area contributed by atoms with Crippen LogP contribution in [0.25, 0.3) is 32.1 Å². The first kappa shape index (κ1) is 39.6. The van der Waals surface area contributed by atoms with Gasteiger partial charge >= 0.3 is 12.2 Å². The average Bonchev–Trinajstić information content (AvgIpc) is 3.91. The highest BCUT2D eigenvalue weighted by atomic mass is 32.1. The summed E-state index contributed by atoms with van der Waals surface area (Å²) in [6, 6.07) is 4.75. The van der Waals surface area contributed by atoms with E-state index in [1.165, 1.54) is 32.8 Å². The number of rotatable bonds is 5. The fourth-order valence-electron chi connectivity index (χ4n) is 6.90. The molecule has 1 amide bonds. The fraction of sp³-hybridized carbons (Fsp3) is 0.459. The monoisotopic (exact) mass is 761 g/mol. The van der Waals surface area contributed by atoms with Gasteiger partial charge < -0.3 is 20.7 Å². The van der Waals surface area contributed by atoms with Crippen molar-refractivity contribution in [3.63, 3.8) is 0 Å². The molecule has 3 saturated heterocycles. The highest BCUT2D eigenvalue weighted by Gasteiger charge is 2.38. The largest absolute Gasteiger partial charge is 0.467 e. The molecule has 3 fully saturated rings. The number of anilines is 2. The minimum absolute atomic E-state index is 0.0444. The van der Waals surface area contributed by atoms with Gasteiger partial charge in [-0.2, -0.15) is 28.4 Å². The SMILES string of the molecule is CC(C)=CC(=O)N1CCCC1.CCNc1nc(OC)nc2c(F)c(-c3ccc(F)c4sc(N)c(C#N)c34)c(C(F)(F)F)cc12.FC1CC2CCCN2C1. The van der Waals surface area contributed by atoms with Gasteiger partial charge in [-0.25, -0.2) is 13.2 Å². The van der Waals surface area contributed by atoms with Crippen LogP contribution in [0.15, 0.2) is 29.8 Å². The Labute approximate surface area is 307 Å². The Hall–Kier alpha value is -4.62. The van der Waals surface area contributed by atoms with Gasteiger partial charge in [-0.15, -0.1) is 11.3 Å². The van der Waals surface area contributed by atoms with Crippen LogP contribution in [0.2, 0.25) is 0 Å². The molecule has 2 aromatic heterocycles. The Morgan fingerprint density at radius 3 is 2.49 bits per heavy atom. The number of aromatic nitrogens is 2. The van der Waals surface area contributed by atoms with Gasteiger partial charge in [0.25, 0.3) is 0 Å². The third kappa shape index (κ3) is 8.62. The molecule has 0 saturated carbocycles. The van der Waals surface area contributed by atoms with Crippen LogP contribution < -0.4 is 15.8 Å². The van der Waals surface area contributed by atoms with E-state index in [0.29, 0.717) is 23.9 Å². The second-order valence-corrected chi connectivity index (χ2v) is 14.3. The fourth-order valence-corrected chi connectivity index (χ4v) is 7.85.